The van der Waals surface area contributed by atoms with Gasteiger partial charge in [0.1, 0.15) is 5.82 Å². The molecule has 0 radical (unpaired) electrons. The van der Waals surface area contributed by atoms with Gasteiger partial charge in [0, 0.05) is 27.7 Å². The predicted molar refractivity (Wildman–Crippen MR) is 90.8 cm³/mol. The summed E-state index contributed by atoms with van der Waals surface area (Å²) in [5, 5.41) is 10.8. The predicted octanol–water partition coefficient (Wildman–Crippen LogP) is 3.58. The maximum atomic E-state index is 12.5. The lowest BCUT2D eigenvalue weighted by atomic mass is 9.87. The average Bonchev–Trinajstić information content (AvgIpc) is 3.10. The van der Waals surface area contributed by atoms with E-state index >= 15 is 0 Å². The Labute approximate surface area is 134 Å². The minimum Gasteiger partial charge on any atom is -0.358 e. The molecular weight excluding hydrogens is 288 g/mol. The molecule has 0 saturated heterocycles. The van der Waals surface area contributed by atoms with E-state index in [1.807, 2.05) is 25.1 Å². The number of rotatable bonds is 2. The van der Waals surface area contributed by atoms with Crippen molar-refractivity contribution in [3.8, 4) is 0 Å². The van der Waals surface area contributed by atoms with Gasteiger partial charge in [-0.25, -0.2) is 0 Å². The topological polar surface area (TPSA) is 73.6 Å². The van der Waals surface area contributed by atoms with Crippen LogP contribution in [0.25, 0.3) is 10.9 Å². The number of amides is 1. The Balaban J connectivity index is 1.69. The van der Waals surface area contributed by atoms with Gasteiger partial charge in [0.05, 0.1) is 6.20 Å². The number of nitrogens with zero attached hydrogens (tertiary/aromatic N) is 1. The van der Waals surface area contributed by atoms with E-state index in [4.69, 9.17) is 0 Å². The molecule has 0 saturated carbocycles. The van der Waals surface area contributed by atoms with E-state index in [1.165, 1.54) is 23.1 Å². The van der Waals surface area contributed by atoms with Crippen LogP contribution in [0, 0.1) is 12.8 Å². The van der Waals surface area contributed by atoms with Crippen molar-refractivity contribution in [2.24, 2.45) is 5.92 Å². The molecule has 1 aromatic carbocycles. The molecule has 0 spiro atoms. The fraction of sp³-hybridized carbons (Fsp3) is 0.333. The standard InChI is InChI=1S/C18H20N4O/c1-10-3-5-15-13(7-10)14-8-12(4-6-16(14)20-15)18(23)21-17-11(2)9-19-22-17/h4,6,8-10,20H,3,5,7H2,1-2H3,(H2,19,21,22,23). The molecule has 1 unspecified atom stereocenters. The maximum absolute atomic E-state index is 12.5. The van der Waals surface area contributed by atoms with Crippen LogP contribution in [-0.4, -0.2) is 21.1 Å². The summed E-state index contributed by atoms with van der Waals surface area (Å²) in [7, 11) is 0. The van der Waals surface area contributed by atoms with Crippen LogP contribution in [0.4, 0.5) is 5.82 Å². The van der Waals surface area contributed by atoms with Gasteiger partial charge in [0.2, 0.25) is 0 Å². The summed E-state index contributed by atoms with van der Waals surface area (Å²) >= 11 is 0. The lowest BCUT2D eigenvalue weighted by Gasteiger charge is -2.18. The van der Waals surface area contributed by atoms with E-state index in [-0.39, 0.29) is 5.91 Å². The number of aromatic amines is 2. The van der Waals surface area contributed by atoms with Crippen molar-refractivity contribution in [3.63, 3.8) is 0 Å². The molecule has 3 aromatic rings. The zero-order chi connectivity index (χ0) is 16.0. The van der Waals surface area contributed by atoms with Crippen molar-refractivity contribution in [2.45, 2.75) is 33.1 Å². The van der Waals surface area contributed by atoms with Crippen LogP contribution in [0.5, 0.6) is 0 Å². The number of carbonyl (C=O) groups is 1. The number of anilines is 1. The lowest BCUT2D eigenvalue weighted by molar-refractivity contribution is 0.102. The van der Waals surface area contributed by atoms with E-state index in [2.05, 4.69) is 27.4 Å². The lowest BCUT2D eigenvalue weighted by Crippen LogP contribution is -2.13. The smallest absolute Gasteiger partial charge is 0.256 e. The first-order valence-corrected chi connectivity index (χ1v) is 8.06. The quantitative estimate of drug-likeness (QED) is 0.677. The molecular formula is C18H20N4O. The van der Waals surface area contributed by atoms with Gasteiger partial charge >= 0.3 is 0 Å². The Bertz CT molecular complexity index is 890. The highest BCUT2D eigenvalue weighted by molar-refractivity contribution is 6.06. The summed E-state index contributed by atoms with van der Waals surface area (Å²) in [4.78, 5) is 16.0. The summed E-state index contributed by atoms with van der Waals surface area (Å²) in [6.07, 6.45) is 5.11. The van der Waals surface area contributed by atoms with Gasteiger partial charge in [-0.2, -0.15) is 5.10 Å². The molecule has 0 aliphatic heterocycles. The zero-order valence-electron chi connectivity index (χ0n) is 13.4. The van der Waals surface area contributed by atoms with Crippen molar-refractivity contribution >= 4 is 22.6 Å². The van der Waals surface area contributed by atoms with E-state index in [1.54, 1.807) is 6.20 Å². The number of aryl methyl sites for hydroxylation is 2. The van der Waals surface area contributed by atoms with Gasteiger partial charge in [0.15, 0.2) is 0 Å². The van der Waals surface area contributed by atoms with Crippen LogP contribution in [0.1, 0.15) is 40.5 Å². The van der Waals surface area contributed by atoms with Crippen LogP contribution >= 0.6 is 0 Å². The van der Waals surface area contributed by atoms with Crippen molar-refractivity contribution in [1.82, 2.24) is 15.2 Å². The van der Waals surface area contributed by atoms with E-state index in [9.17, 15) is 4.79 Å². The second-order valence-electron chi connectivity index (χ2n) is 6.57. The Morgan fingerprint density at radius 2 is 2.26 bits per heavy atom. The van der Waals surface area contributed by atoms with Crippen molar-refractivity contribution in [3.05, 3.63) is 46.8 Å². The monoisotopic (exact) mass is 308 g/mol. The second-order valence-corrected chi connectivity index (χ2v) is 6.57. The van der Waals surface area contributed by atoms with Gasteiger partial charge in [-0.3, -0.25) is 9.89 Å². The first kappa shape index (κ1) is 14.1. The zero-order valence-corrected chi connectivity index (χ0v) is 13.4. The summed E-state index contributed by atoms with van der Waals surface area (Å²) < 4.78 is 0. The third-order valence-electron chi connectivity index (χ3n) is 4.76. The molecule has 3 N–H and O–H groups in total. The molecule has 1 aliphatic rings. The van der Waals surface area contributed by atoms with Crippen LogP contribution in [0.2, 0.25) is 0 Å². The van der Waals surface area contributed by atoms with Crippen molar-refractivity contribution in [1.29, 1.82) is 0 Å². The Morgan fingerprint density at radius 1 is 1.39 bits per heavy atom. The fourth-order valence-electron chi connectivity index (χ4n) is 3.39. The summed E-state index contributed by atoms with van der Waals surface area (Å²) in [5.41, 5.74) is 5.43. The molecule has 1 atom stereocenters. The highest BCUT2D eigenvalue weighted by Gasteiger charge is 2.20. The van der Waals surface area contributed by atoms with Crippen molar-refractivity contribution < 1.29 is 4.79 Å². The molecule has 5 heteroatoms. The molecule has 2 heterocycles. The van der Waals surface area contributed by atoms with E-state index in [0.717, 1.165) is 23.9 Å². The van der Waals surface area contributed by atoms with Crippen LogP contribution in [-0.2, 0) is 12.8 Å². The number of hydrogen-bond donors (Lipinski definition) is 3. The van der Waals surface area contributed by atoms with Gasteiger partial charge in [-0.05, 0) is 55.9 Å². The Morgan fingerprint density at radius 3 is 3.04 bits per heavy atom. The van der Waals surface area contributed by atoms with Gasteiger partial charge < -0.3 is 10.3 Å². The largest absolute Gasteiger partial charge is 0.358 e. The fourth-order valence-corrected chi connectivity index (χ4v) is 3.39. The molecule has 5 nitrogen and oxygen atoms in total. The first-order valence-electron chi connectivity index (χ1n) is 8.06. The number of benzene rings is 1. The van der Waals surface area contributed by atoms with Crippen LogP contribution < -0.4 is 5.32 Å². The average molecular weight is 308 g/mol. The minimum atomic E-state index is -0.113. The highest BCUT2D eigenvalue weighted by Crippen LogP contribution is 2.32. The number of nitrogens with one attached hydrogen (secondary N) is 3. The Kier molecular flexibility index (Phi) is 3.22. The SMILES string of the molecule is Cc1cn[nH]c1NC(=O)c1ccc2[nH]c3c(c2c1)CC(C)CC3. The molecule has 0 fully saturated rings. The molecule has 2 aromatic heterocycles. The number of fused-ring (bicyclic) bond motifs is 3. The Hall–Kier alpha value is -2.56. The van der Waals surface area contributed by atoms with Crippen LogP contribution in [0.15, 0.2) is 24.4 Å². The van der Waals surface area contributed by atoms with Gasteiger partial charge in [-0.1, -0.05) is 6.92 Å². The normalized spacial score (nSPS) is 17.2. The molecule has 1 amide bonds. The minimum absolute atomic E-state index is 0.113. The third kappa shape index (κ3) is 2.42. The summed E-state index contributed by atoms with van der Waals surface area (Å²) in [5.74, 6) is 1.24. The highest BCUT2D eigenvalue weighted by atomic mass is 16.1. The molecule has 1 aliphatic carbocycles. The number of carbonyl (C=O) groups excluding carboxylic acids is 1. The maximum Gasteiger partial charge on any atom is 0.256 e. The van der Waals surface area contributed by atoms with E-state index in [0.29, 0.717) is 17.3 Å². The van der Waals surface area contributed by atoms with E-state index < -0.39 is 0 Å². The third-order valence-corrected chi connectivity index (χ3v) is 4.76. The van der Waals surface area contributed by atoms with Crippen LogP contribution in [0.3, 0.4) is 0 Å². The number of hydrogen-bond acceptors (Lipinski definition) is 2. The molecule has 118 valence electrons. The molecule has 0 bridgehead atoms. The van der Waals surface area contributed by atoms with Gasteiger partial charge in [0.25, 0.3) is 5.91 Å². The first-order chi connectivity index (χ1) is 11.1. The summed E-state index contributed by atoms with van der Waals surface area (Å²) in [6, 6.07) is 5.88. The number of H-pyrrole nitrogens is 2. The van der Waals surface area contributed by atoms with Crippen molar-refractivity contribution in [2.75, 3.05) is 5.32 Å². The second kappa shape index (κ2) is 5.26. The van der Waals surface area contributed by atoms with Gasteiger partial charge in [-0.15, -0.1) is 0 Å². The summed E-state index contributed by atoms with van der Waals surface area (Å²) in [6.45, 7) is 4.20. The molecule has 23 heavy (non-hydrogen) atoms. The molecule has 4 rings (SSSR count). The number of aromatic nitrogens is 3.